The summed E-state index contributed by atoms with van der Waals surface area (Å²) in [6, 6.07) is 9.97. The Morgan fingerprint density at radius 3 is 2.53 bits per heavy atom. The summed E-state index contributed by atoms with van der Waals surface area (Å²) in [6.45, 7) is 1.34. The molecule has 0 radical (unpaired) electrons. The van der Waals surface area contributed by atoms with Crippen LogP contribution in [0, 0.1) is 0 Å². The van der Waals surface area contributed by atoms with Gasteiger partial charge in [-0.1, -0.05) is 18.9 Å². The zero-order valence-electron chi connectivity index (χ0n) is 18.3. The molecular formula is C23H28N2O6S. The van der Waals surface area contributed by atoms with Crippen molar-refractivity contribution in [1.82, 2.24) is 9.62 Å². The van der Waals surface area contributed by atoms with Crippen molar-refractivity contribution in [3.8, 4) is 17.2 Å². The zero-order chi connectivity index (χ0) is 22.7. The van der Waals surface area contributed by atoms with Gasteiger partial charge in [-0.3, -0.25) is 4.79 Å². The first-order chi connectivity index (χ1) is 15.4. The Balaban J connectivity index is 1.53. The predicted octanol–water partition coefficient (Wildman–Crippen LogP) is 2.96. The molecule has 0 spiro atoms. The van der Waals surface area contributed by atoms with Gasteiger partial charge in [0.15, 0.2) is 11.5 Å². The molecule has 0 aromatic heterocycles. The van der Waals surface area contributed by atoms with Gasteiger partial charge in [0.2, 0.25) is 10.0 Å². The van der Waals surface area contributed by atoms with Crippen LogP contribution in [0.1, 0.15) is 41.6 Å². The third-order valence-corrected chi connectivity index (χ3v) is 7.29. The van der Waals surface area contributed by atoms with Gasteiger partial charge in [0.1, 0.15) is 23.9 Å². The molecule has 32 heavy (non-hydrogen) atoms. The Bertz CT molecular complexity index is 1100. The van der Waals surface area contributed by atoms with Gasteiger partial charge >= 0.3 is 0 Å². The summed E-state index contributed by atoms with van der Waals surface area (Å²) in [5.74, 6) is 1.26. The second-order valence-corrected chi connectivity index (χ2v) is 9.79. The Morgan fingerprint density at radius 2 is 1.81 bits per heavy atom. The van der Waals surface area contributed by atoms with E-state index in [1.807, 2.05) is 18.2 Å². The first-order valence-corrected chi connectivity index (χ1v) is 12.2. The van der Waals surface area contributed by atoms with Gasteiger partial charge in [-0.2, -0.15) is 0 Å². The smallest absolute Gasteiger partial charge is 0.253 e. The van der Waals surface area contributed by atoms with Crippen LogP contribution in [0.15, 0.2) is 41.3 Å². The Labute approximate surface area is 188 Å². The maximum absolute atomic E-state index is 13.1. The highest BCUT2D eigenvalue weighted by atomic mass is 32.2. The first-order valence-electron chi connectivity index (χ1n) is 10.7. The van der Waals surface area contributed by atoms with Crippen LogP contribution < -0.4 is 18.9 Å². The van der Waals surface area contributed by atoms with E-state index in [1.165, 1.54) is 24.1 Å². The molecule has 4 rings (SSSR count). The molecule has 0 atom stereocenters. The van der Waals surface area contributed by atoms with E-state index < -0.39 is 10.0 Å². The Hall–Kier alpha value is -2.78. The van der Waals surface area contributed by atoms with Crippen molar-refractivity contribution in [1.29, 1.82) is 0 Å². The second-order valence-electron chi connectivity index (χ2n) is 8.11. The number of amides is 1. The number of nitrogens with zero attached hydrogens (tertiary/aromatic N) is 1. The molecule has 1 N–H and O–H groups in total. The van der Waals surface area contributed by atoms with Crippen molar-refractivity contribution >= 4 is 15.9 Å². The first kappa shape index (κ1) is 22.4. The highest BCUT2D eigenvalue weighted by Crippen LogP contribution is 2.31. The molecule has 2 aliphatic rings. The number of nitrogens with one attached hydrogen (secondary N) is 1. The largest absolute Gasteiger partial charge is 0.495 e. The summed E-state index contributed by atoms with van der Waals surface area (Å²) in [5.41, 5.74) is 1.16. The lowest BCUT2D eigenvalue weighted by atomic mass is 10.1. The third kappa shape index (κ3) is 4.83. The van der Waals surface area contributed by atoms with Crippen LogP contribution in [0.2, 0.25) is 0 Å². The number of rotatable bonds is 7. The summed E-state index contributed by atoms with van der Waals surface area (Å²) in [7, 11) is -0.722. The molecule has 8 nitrogen and oxygen atoms in total. The summed E-state index contributed by atoms with van der Waals surface area (Å²) in [6.07, 6.45) is 3.65. The van der Waals surface area contributed by atoms with Crippen molar-refractivity contribution in [3.05, 3.63) is 47.5 Å². The maximum Gasteiger partial charge on any atom is 0.253 e. The fourth-order valence-electron chi connectivity index (χ4n) is 4.10. The van der Waals surface area contributed by atoms with E-state index >= 15 is 0 Å². The number of fused-ring (bicyclic) bond motifs is 1. The molecule has 1 aliphatic heterocycles. The molecule has 1 heterocycles. The van der Waals surface area contributed by atoms with E-state index in [9.17, 15) is 13.2 Å². The van der Waals surface area contributed by atoms with Crippen LogP contribution in [0.25, 0.3) is 0 Å². The van der Waals surface area contributed by atoms with Crippen molar-refractivity contribution in [2.24, 2.45) is 0 Å². The molecule has 172 valence electrons. The van der Waals surface area contributed by atoms with Crippen molar-refractivity contribution < 1.29 is 27.4 Å². The van der Waals surface area contributed by atoms with E-state index in [0.29, 0.717) is 31.3 Å². The number of hydrogen-bond acceptors (Lipinski definition) is 6. The van der Waals surface area contributed by atoms with E-state index in [2.05, 4.69) is 4.72 Å². The Kier molecular flexibility index (Phi) is 6.57. The average molecular weight is 461 g/mol. The lowest BCUT2D eigenvalue weighted by Gasteiger charge is -2.22. The standard InChI is InChI=1S/C23H28N2O6S/c1-25(15-16-7-9-19-21(13-16)31-12-11-30-19)23(26)17-8-10-20(29-2)22(14-17)32(27,28)24-18-5-3-4-6-18/h7-10,13-14,18,24H,3-6,11-12,15H2,1-2H3. The number of hydrogen-bond donors (Lipinski definition) is 1. The summed E-state index contributed by atoms with van der Waals surface area (Å²) >= 11 is 0. The quantitative estimate of drug-likeness (QED) is 0.683. The molecule has 9 heteroatoms. The molecule has 1 saturated carbocycles. The van der Waals surface area contributed by atoms with Crippen molar-refractivity contribution in [2.75, 3.05) is 27.4 Å². The molecule has 0 bridgehead atoms. The van der Waals surface area contributed by atoms with Crippen molar-refractivity contribution in [3.63, 3.8) is 0 Å². The number of carbonyl (C=O) groups excluding carboxylic acids is 1. The number of methoxy groups -OCH3 is 1. The highest BCUT2D eigenvalue weighted by molar-refractivity contribution is 7.89. The number of ether oxygens (including phenoxy) is 3. The summed E-state index contributed by atoms with van der Waals surface area (Å²) < 4.78 is 45.2. The monoisotopic (exact) mass is 460 g/mol. The maximum atomic E-state index is 13.1. The molecule has 2 aromatic rings. The minimum atomic E-state index is -3.81. The summed E-state index contributed by atoms with van der Waals surface area (Å²) in [5, 5.41) is 0. The van der Waals surface area contributed by atoms with E-state index in [4.69, 9.17) is 14.2 Å². The van der Waals surface area contributed by atoms with Gasteiger partial charge < -0.3 is 19.1 Å². The molecule has 1 amide bonds. The van der Waals surface area contributed by atoms with E-state index in [0.717, 1.165) is 31.2 Å². The van der Waals surface area contributed by atoms with Crippen LogP contribution in [-0.2, 0) is 16.6 Å². The van der Waals surface area contributed by atoms with Crippen LogP contribution in [0.4, 0.5) is 0 Å². The van der Waals surface area contributed by atoms with Gasteiger partial charge in [0.05, 0.1) is 7.11 Å². The highest BCUT2D eigenvalue weighted by Gasteiger charge is 2.27. The number of sulfonamides is 1. The Morgan fingerprint density at radius 1 is 1.09 bits per heavy atom. The van der Waals surface area contributed by atoms with Crippen LogP contribution in [0.5, 0.6) is 17.2 Å². The lowest BCUT2D eigenvalue weighted by molar-refractivity contribution is 0.0784. The molecular weight excluding hydrogens is 432 g/mol. The van der Waals surface area contributed by atoms with E-state index in [1.54, 1.807) is 13.1 Å². The minimum absolute atomic E-state index is 0.0227. The van der Waals surface area contributed by atoms with E-state index in [-0.39, 0.29) is 28.2 Å². The molecule has 2 aromatic carbocycles. The van der Waals surface area contributed by atoms with Crippen LogP contribution >= 0.6 is 0 Å². The van der Waals surface area contributed by atoms with Gasteiger partial charge in [-0.05, 0) is 48.7 Å². The van der Waals surface area contributed by atoms with Gasteiger partial charge in [-0.15, -0.1) is 0 Å². The topological polar surface area (TPSA) is 94.2 Å². The minimum Gasteiger partial charge on any atom is -0.495 e. The fraction of sp³-hybridized carbons (Fsp3) is 0.435. The molecule has 0 unspecified atom stereocenters. The summed E-state index contributed by atoms with van der Waals surface area (Å²) in [4.78, 5) is 14.6. The molecule has 1 aliphatic carbocycles. The van der Waals surface area contributed by atoms with Crippen LogP contribution in [0.3, 0.4) is 0 Å². The third-order valence-electron chi connectivity index (χ3n) is 5.75. The average Bonchev–Trinajstić information content (AvgIpc) is 3.30. The molecule has 0 saturated heterocycles. The normalized spacial score (nSPS) is 16.1. The number of carbonyl (C=O) groups is 1. The predicted molar refractivity (Wildman–Crippen MR) is 119 cm³/mol. The number of benzene rings is 2. The zero-order valence-corrected chi connectivity index (χ0v) is 19.1. The van der Waals surface area contributed by atoms with Crippen LogP contribution in [-0.4, -0.2) is 52.6 Å². The second kappa shape index (κ2) is 9.38. The molecule has 1 fully saturated rings. The fourth-order valence-corrected chi connectivity index (χ4v) is 5.60. The van der Waals surface area contributed by atoms with Gasteiger partial charge in [0, 0.05) is 25.2 Å². The van der Waals surface area contributed by atoms with Crippen molar-refractivity contribution in [2.45, 2.75) is 43.2 Å². The lowest BCUT2D eigenvalue weighted by Crippen LogP contribution is -2.33. The van der Waals surface area contributed by atoms with Gasteiger partial charge in [-0.25, -0.2) is 13.1 Å². The SMILES string of the molecule is COc1ccc(C(=O)N(C)Cc2ccc3c(c2)OCCO3)cc1S(=O)(=O)NC1CCCC1. The van der Waals surface area contributed by atoms with Gasteiger partial charge in [0.25, 0.3) is 5.91 Å².